The summed E-state index contributed by atoms with van der Waals surface area (Å²) in [5.41, 5.74) is 0. The minimum Gasteiger partial charge on any atom is -0.480 e. The Morgan fingerprint density at radius 3 is 2.33 bits per heavy atom. The van der Waals surface area contributed by atoms with Gasteiger partial charge in [0.15, 0.2) is 0 Å². The van der Waals surface area contributed by atoms with E-state index in [2.05, 4.69) is 16.0 Å². The number of carboxylic acid groups (broad SMARTS) is 1. The molecule has 0 aromatic rings. The van der Waals surface area contributed by atoms with Crippen molar-refractivity contribution in [3.63, 3.8) is 0 Å². The fourth-order valence-corrected chi connectivity index (χ4v) is 1.33. The van der Waals surface area contributed by atoms with E-state index in [9.17, 15) is 14.4 Å². The second kappa shape index (κ2) is 9.26. The summed E-state index contributed by atoms with van der Waals surface area (Å²) in [6.07, 6.45) is 1.21. The maximum absolute atomic E-state index is 11.4. The highest BCUT2D eigenvalue weighted by atomic mass is 16.4. The normalized spacial score (nSPS) is 11.4. The second-order valence-corrected chi connectivity index (χ2v) is 3.78. The molecule has 18 heavy (non-hydrogen) atoms. The van der Waals surface area contributed by atoms with Crippen LogP contribution >= 0.6 is 0 Å². The average molecular weight is 259 g/mol. The Labute approximate surface area is 106 Å². The molecule has 3 amide bonds. The van der Waals surface area contributed by atoms with E-state index in [0.29, 0.717) is 19.4 Å². The minimum atomic E-state index is -1.06. The summed E-state index contributed by atoms with van der Waals surface area (Å²) in [4.78, 5) is 33.2. The van der Waals surface area contributed by atoms with Gasteiger partial charge < -0.3 is 21.1 Å². The summed E-state index contributed by atoms with van der Waals surface area (Å²) in [5, 5.41) is 16.2. The van der Waals surface area contributed by atoms with E-state index in [1.807, 2.05) is 6.92 Å². The zero-order valence-electron chi connectivity index (χ0n) is 10.8. The number of carbonyl (C=O) groups excluding carboxylic acids is 2. The lowest BCUT2D eigenvalue weighted by Crippen LogP contribution is -2.46. The molecule has 0 fully saturated rings. The number of hydrogen-bond acceptors (Lipinski definition) is 3. The topological polar surface area (TPSA) is 108 Å². The van der Waals surface area contributed by atoms with Gasteiger partial charge >= 0.3 is 12.0 Å². The van der Waals surface area contributed by atoms with Gasteiger partial charge in [0, 0.05) is 19.5 Å². The molecule has 0 saturated carbocycles. The molecule has 104 valence electrons. The van der Waals surface area contributed by atoms with E-state index < -0.39 is 18.0 Å². The molecule has 0 spiro atoms. The Kier molecular flexibility index (Phi) is 8.34. The molecule has 0 aliphatic heterocycles. The van der Waals surface area contributed by atoms with Crippen molar-refractivity contribution >= 4 is 17.9 Å². The molecule has 0 aliphatic rings. The van der Waals surface area contributed by atoms with Gasteiger partial charge in [-0.05, 0) is 13.3 Å². The molecule has 1 atom stereocenters. The van der Waals surface area contributed by atoms with E-state index in [0.717, 1.165) is 0 Å². The lowest BCUT2D eigenvalue weighted by Gasteiger charge is -2.14. The molecule has 0 aliphatic carbocycles. The van der Waals surface area contributed by atoms with Crippen LogP contribution in [0.2, 0.25) is 0 Å². The molecule has 0 aromatic heterocycles. The van der Waals surface area contributed by atoms with E-state index in [4.69, 9.17) is 5.11 Å². The van der Waals surface area contributed by atoms with E-state index >= 15 is 0 Å². The van der Waals surface area contributed by atoms with Gasteiger partial charge in [0.1, 0.15) is 6.04 Å². The van der Waals surface area contributed by atoms with Gasteiger partial charge in [-0.1, -0.05) is 13.3 Å². The molecule has 0 aromatic carbocycles. The fraction of sp³-hybridized carbons (Fsp3) is 0.727. The lowest BCUT2D eigenvalue weighted by molar-refractivity contribution is -0.139. The van der Waals surface area contributed by atoms with E-state index in [-0.39, 0.29) is 18.9 Å². The largest absolute Gasteiger partial charge is 0.480 e. The number of rotatable bonds is 8. The molecular weight excluding hydrogens is 238 g/mol. The van der Waals surface area contributed by atoms with Crippen LogP contribution in [0.25, 0.3) is 0 Å². The predicted molar refractivity (Wildman–Crippen MR) is 66.2 cm³/mol. The van der Waals surface area contributed by atoms with Crippen molar-refractivity contribution in [2.45, 2.75) is 39.2 Å². The van der Waals surface area contributed by atoms with Crippen LogP contribution in [0.1, 0.15) is 33.1 Å². The van der Waals surface area contributed by atoms with Crippen LogP contribution in [0.3, 0.4) is 0 Å². The maximum atomic E-state index is 11.4. The van der Waals surface area contributed by atoms with Crippen LogP contribution in [0, 0.1) is 0 Å². The predicted octanol–water partition coefficient (Wildman–Crippen LogP) is 0.0651. The minimum absolute atomic E-state index is 0.152. The van der Waals surface area contributed by atoms with Crippen molar-refractivity contribution < 1.29 is 19.5 Å². The molecular formula is C11H21N3O4. The number of carboxylic acids is 1. The third kappa shape index (κ3) is 7.48. The monoisotopic (exact) mass is 259 g/mol. The van der Waals surface area contributed by atoms with E-state index in [1.165, 1.54) is 0 Å². The summed E-state index contributed by atoms with van der Waals surface area (Å²) in [7, 11) is 0. The summed E-state index contributed by atoms with van der Waals surface area (Å²) in [5.74, 6) is -1.21. The molecule has 0 saturated heterocycles. The lowest BCUT2D eigenvalue weighted by atomic mass is 10.2. The summed E-state index contributed by atoms with van der Waals surface area (Å²) < 4.78 is 0. The van der Waals surface area contributed by atoms with E-state index in [1.54, 1.807) is 6.92 Å². The second-order valence-electron chi connectivity index (χ2n) is 3.78. The van der Waals surface area contributed by atoms with Gasteiger partial charge in [-0.25, -0.2) is 9.59 Å². The first-order valence-corrected chi connectivity index (χ1v) is 6.05. The van der Waals surface area contributed by atoms with Crippen molar-refractivity contribution in [3.8, 4) is 0 Å². The van der Waals surface area contributed by atoms with Gasteiger partial charge in [0.25, 0.3) is 0 Å². The van der Waals surface area contributed by atoms with Crippen LogP contribution < -0.4 is 16.0 Å². The zero-order valence-corrected chi connectivity index (χ0v) is 10.8. The van der Waals surface area contributed by atoms with Gasteiger partial charge in [-0.15, -0.1) is 0 Å². The Morgan fingerprint density at radius 2 is 1.83 bits per heavy atom. The Balaban J connectivity index is 3.88. The Bertz CT molecular complexity index is 294. The molecule has 0 rings (SSSR count). The number of urea groups is 1. The first-order chi connectivity index (χ1) is 8.51. The molecule has 7 nitrogen and oxygen atoms in total. The maximum Gasteiger partial charge on any atom is 0.326 e. The van der Waals surface area contributed by atoms with Crippen molar-refractivity contribution in [1.29, 1.82) is 0 Å². The molecule has 0 heterocycles. The van der Waals surface area contributed by atoms with Crippen molar-refractivity contribution in [2.24, 2.45) is 0 Å². The molecule has 0 bridgehead atoms. The smallest absolute Gasteiger partial charge is 0.326 e. The Morgan fingerprint density at radius 1 is 1.17 bits per heavy atom. The average Bonchev–Trinajstić information content (AvgIpc) is 2.28. The molecule has 4 N–H and O–H groups in total. The molecule has 7 heteroatoms. The highest BCUT2D eigenvalue weighted by Gasteiger charge is 2.18. The quantitative estimate of drug-likeness (QED) is 0.494. The van der Waals surface area contributed by atoms with Crippen LogP contribution in [-0.2, 0) is 9.59 Å². The fourth-order valence-electron chi connectivity index (χ4n) is 1.33. The first kappa shape index (κ1) is 16.2. The van der Waals surface area contributed by atoms with Crippen LogP contribution in [0.4, 0.5) is 4.79 Å². The third-order valence-electron chi connectivity index (χ3n) is 2.19. The number of carbonyl (C=O) groups is 3. The number of amides is 3. The summed E-state index contributed by atoms with van der Waals surface area (Å²) in [6.45, 7) is 4.36. The van der Waals surface area contributed by atoms with Crippen molar-refractivity contribution in [2.75, 3.05) is 13.1 Å². The zero-order chi connectivity index (χ0) is 14.0. The van der Waals surface area contributed by atoms with Crippen LogP contribution in [-0.4, -0.2) is 42.1 Å². The summed E-state index contributed by atoms with van der Waals surface area (Å²) in [6, 6.07) is -1.46. The third-order valence-corrected chi connectivity index (χ3v) is 2.19. The highest BCUT2D eigenvalue weighted by molar-refractivity contribution is 5.83. The first-order valence-electron chi connectivity index (χ1n) is 6.05. The molecule has 1 unspecified atom stereocenters. The van der Waals surface area contributed by atoms with Crippen molar-refractivity contribution in [3.05, 3.63) is 0 Å². The molecule has 0 radical (unpaired) electrons. The van der Waals surface area contributed by atoms with Crippen LogP contribution in [0.5, 0.6) is 0 Å². The SMILES string of the molecule is CCCC(NC(=O)NCCC(=O)NCC)C(=O)O. The van der Waals surface area contributed by atoms with Gasteiger partial charge in [-0.2, -0.15) is 0 Å². The number of aliphatic carboxylic acids is 1. The highest BCUT2D eigenvalue weighted by Crippen LogP contribution is 1.96. The van der Waals surface area contributed by atoms with Gasteiger partial charge in [0.2, 0.25) is 5.91 Å². The number of nitrogens with one attached hydrogen (secondary N) is 3. The van der Waals surface area contributed by atoms with Gasteiger partial charge in [-0.3, -0.25) is 4.79 Å². The number of hydrogen-bond donors (Lipinski definition) is 4. The van der Waals surface area contributed by atoms with Crippen LogP contribution in [0.15, 0.2) is 0 Å². The Hall–Kier alpha value is -1.79. The van der Waals surface area contributed by atoms with Gasteiger partial charge in [0.05, 0.1) is 0 Å². The van der Waals surface area contributed by atoms with Crippen molar-refractivity contribution in [1.82, 2.24) is 16.0 Å². The summed E-state index contributed by atoms with van der Waals surface area (Å²) >= 11 is 0. The standard InChI is InChI=1S/C11H21N3O4/c1-3-5-8(10(16)17)14-11(18)13-7-6-9(15)12-4-2/h8H,3-7H2,1-2H3,(H,12,15)(H,16,17)(H2,13,14,18).